The second kappa shape index (κ2) is 9.70. The number of rotatable bonds is 5. The van der Waals surface area contributed by atoms with Crippen molar-refractivity contribution < 1.29 is 30.9 Å². The first kappa shape index (κ1) is 23.6. The maximum Gasteiger partial charge on any atom is 0.417 e. The molecule has 1 amide bonds. The summed E-state index contributed by atoms with van der Waals surface area (Å²) in [7, 11) is -3.67. The Bertz CT molecular complexity index is 886. The van der Waals surface area contributed by atoms with Gasteiger partial charge in [0.15, 0.2) is 0 Å². The minimum Gasteiger partial charge on any atom is -0.369 e. The first-order valence-electron chi connectivity index (χ1n) is 8.26. The third kappa shape index (κ3) is 8.53. The average Bonchev–Trinajstić information content (AvgIpc) is 2.58. The number of hydrogen-bond acceptors (Lipinski definition) is 3. The molecule has 0 aliphatic rings. The van der Waals surface area contributed by atoms with Crippen LogP contribution in [0.3, 0.4) is 0 Å². The van der Waals surface area contributed by atoms with Crippen LogP contribution in [0.2, 0.25) is 0 Å². The van der Waals surface area contributed by atoms with Gasteiger partial charge in [0.05, 0.1) is 11.8 Å². The lowest BCUT2D eigenvalue weighted by molar-refractivity contribution is -0.137. The summed E-state index contributed by atoms with van der Waals surface area (Å²) in [5.41, 5.74) is 6.22. The van der Waals surface area contributed by atoms with Gasteiger partial charge in [0.2, 0.25) is 5.91 Å². The van der Waals surface area contributed by atoms with E-state index in [1.54, 1.807) is 37.3 Å². The molecule has 0 aromatic heterocycles. The number of aryl methyl sites for hydroxylation is 1. The molecule has 0 aliphatic carbocycles. The molecular weight excluding hydrogens is 395 g/mol. The molecule has 0 aliphatic heterocycles. The quantitative estimate of drug-likeness (QED) is 0.721. The van der Waals surface area contributed by atoms with Crippen LogP contribution in [0.1, 0.15) is 24.5 Å². The van der Waals surface area contributed by atoms with Gasteiger partial charge in [0.25, 0.3) is 10.1 Å². The van der Waals surface area contributed by atoms with Gasteiger partial charge in [-0.3, -0.25) is 9.35 Å². The van der Waals surface area contributed by atoms with Gasteiger partial charge >= 0.3 is 6.18 Å². The Balaban J connectivity index is 0.000000696. The van der Waals surface area contributed by atoms with E-state index in [1.165, 1.54) is 12.1 Å². The van der Waals surface area contributed by atoms with Crippen LogP contribution in [0.4, 0.5) is 13.2 Å². The number of benzene rings is 2. The standard InChI is InChI=1S/C18H18F3NO.CH4O3S/c1-12(17(22)23)6-7-13-8-10-14(11-9-13)15-4-2-3-5-16(15)18(19,20)21;1-5(2,3)4/h2-5,8-12H,6-7H2,1H3,(H2,22,23);1H3,(H,2,3,4)/t12-;/m1./s1. The summed E-state index contributed by atoms with van der Waals surface area (Å²) in [6.45, 7) is 1.76. The number of amides is 1. The molecule has 0 unspecified atom stereocenters. The highest BCUT2D eigenvalue weighted by Crippen LogP contribution is 2.36. The molecule has 28 heavy (non-hydrogen) atoms. The van der Waals surface area contributed by atoms with E-state index in [0.29, 0.717) is 24.7 Å². The van der Waals surface area contributed by atoms with Crippen molar-refractivity contribution in [3.05, 3.63) is 59.7 Å². The number of alkyl halides is 3. The maximum absolute atomic E-state index is 13.1. The monoisotopic (exact) mass is 417 g/mol. The molecule has 0 saturated carbocycles. The first-order chi connectivity index (χ1) is 12.8. The maximum atomic E-state index is 13.1. The van der Waals surface area contributed by atoms with Crippen LogP contribution in [-0.2, 0) is 27.5 Å². The van der Waals surface area contributed by atoms with Crippen molar-refractivity contribution >= 4 is 16.0 Å². The van der Waals surface area contributed by atoms with Crippen molar-refractivity contribution in [3.63, 3.8) is 0 Å². The van der Waals surface area contributed by atoms with Gasteiger partial charge in [0, 0.05) is 5.92 Å². The van der Waals surface area contributed by atoms with E-state index in [-0.39, 0.29) is 17.4 Å². The molecule has 0 spiro atoms. The zero-order chi connectivity index (χ0) is 21.5. The van der Waals surface area contributed by atoms with E-state index in [0.717, 1.165) is 11.6 Å². The summed E-state index contributed by atoms with van der Waals surface area (Å²) in [6, 6.07) is 12.4. The lowest BCUT2D eigenvalue weighted by atomic mass is 9.96. The molecule has 2 aromatic rings. The van der Waals surface area contributed by atoms with E-state index in [1.807, 2.05) is 0 Å². The van der Waals surface area contributed by atoms with E-state index >= 15 is 0 Å². The molecular formula is C19H22F3NO4S. The Hall–Kier alpha value is -2.39. The largest absolute Gasteiger partial charge is 0.417 e. The van der Waals surface area contributed by atoms with Gasteiger partial charge < -0.3 is 5.73 Å². The average molecular weight is 417 g/mol. The third-order valence-electron chi connectivity index (χ3n) is 3.85. The van der Waals surface area contributed by atoms with Crippen LogP contribution in [0.15, 0.2) is 48.5 Å². The first-order valence-corrected chi connectivity index (χ1v) is 10.1. The van der Waals surface area contributed by atoms with Crippen molar-refractivity contribution in [2.75, 3.05) is 6.26 Å². The van der Waals surface area contributed by atoms with E-state index in [2.05, 4.69) is 0 Å². The van der Waals surface area contributed by atoms with Crippen molar-refractivity contribution in [2.45, 2.75) is 25.9 Å². The topological polar surface area (TPSA) is 97.5 Å². The summed E-state index contributed by atoms with van der Waals surface area (Å²) >= 11 is 0. The van der Waals surface area contributed by atoms with Crippen molar-refractivity contribution in [1.82, 2.24) is 0 Å². The van der Waals surface area contributed by atoms with Crippen LogP contribution >= 0.6 is 0 Å². The van der Waals surface area contributed by atoms with E-state index in [4.69, 9.17) is 10.3 Å². The van der Waals surface area contributed by atoms with Gasteiger partial charge in [0.1, 0.15) is 0 Å². The molecule has 154 valence electrons. The SMILES string of the molecule is CS(=O)(=O)O.C[C@H](CCc1ccc(-c2ccccc2C(F)(F)F)cc1)C(N)=O. The van der Waals surface area contributed by atoms with E-state index < -0.39 is 21.9 Å². The molecule has 0 fully saturated rings. The number of carbonyl (C=O) groups excluding carboxylic acids is 1. The Labute approximate surface area is 162 Å². The summed E-state index contributed by atoms with van der Waals surface area (Å²) in [5, 5.41) is 0. The molecule has 9 heteroatoms. The van der Waals surface area contributed by atoms with Gasteiger partial charge in [-0.15, -0.1) is 0 Å². The smallest absolute Gasteiger partial charge is 0.369 e. The third-order valence-corrected chi connectivity index (χ3v) is 3.85. The molecule has 1 atom stereocenters. The number of carbonyl (C=O) groups is 1. The number of halogens is 3. The van der Waals surface area contributed by atoms with Gasteiger partial charge in [-0.05, 0) is 35.6 Å². The fourth-order valence-electron chi connectivity index (χ4n) is 2.36. The highest BCUT2D eigenvalue weighted by molar-refractivity contribution is 7.85. The second-order valence-electron chi connectivity index (χ2n) is 6.32. The number of primary amides is 1. The number of nitrogens with two attached hydrogens (primary N) is 1. The predicted molar refractivity (Wildman–Crippen MR) is 101 cm³/mol. The Morgan fingerprint density at radius 3 is 2.07 bits per heavy atom. The van der Waals surface area contributed by atoms with Gasteiger partial charge in [-0.25, -0.2) is 0 Å². The van der Waals surface area contributed by atoms with Crippen LogP contribution in [0, 0.1) is 5.92 Å². The van der Waals surface area contributed by atoms with E-state index in [9.17, 15) is 26.4 Å². The summed E-state index contributed by atoms with van der Waals surface area (Å²) in [5.74, 6) is -0.568. The van der Waals surface area contributed by atoms with Gasteiger partial charge in [-0.1, -0.05) is 49.4 Å². The summed E-state index contributed by atoms with van der Waals surface area (Å²) in [6.07, 6.45) is -2.39. The molecule has 0 saturated heterocycles. The summed E-state index contributed by atoms with van der Waals surface area (Å²) < 4.78 is 65.0. The minimum atomic E-state index is -4.38. The van der Waals surface area contributed by atoms with Gasteiger partial charge in [-0.2, -0.15) is 21.6 Å². The highest BCUT2D eigenvalue weighted by Gasteiger charge is 2.33. The Morgan fingerprint density at radius 2 is 1.61 bits per heavy atom. The molecule has 0 heterocycles. The van der Waals surface area contributed by atoms with Crippen LogP contribution in [-0.4, -0.2) is 25.1 Å². The molecule has 2 rings (SSSR count). The normalized spacial score (nSPS) is 12.6. The minimum absolute atomic E-state index is 0.164. The van der Waals surface area contributed by atoms with Crippen LogP contribution < -0.4 is 5.73 Å². The summed E-state index contributed by atoms with van der Waals surface area (Å²) in [4.78, 5) is 11.0. The zero-order valence-corrected chi connectivity index (χ0v) is 16.2. The number of hydrogen-bond donors (Lipinski definition) is 2. The van der Waals surface area contributed by atoms with Crippen LogP contribution in [0.25, 0.3) is 11.1 Å². The lowest BCUT2D eigenvalue weighted by Crippen LogP contribution is -2.20. The second-order valence-corrected chi connectivity index (χ2v) is 7.78. The zero-order valence-electron chi connectivity index (χ0n) is 15.4. The Kier molecular flexibility index (Phi) is 8.19. The van der Waals surface area contributed by atoms with Crippen LogP contribution in [0.5, 0.6) is 0 Å². The lowest BCUT2D eigenvalue weighted by Gasteiger charge is -2.13. The predicted octanol–water partition coefficient (Wildman–Crippen LogP) is 3.93. The fourth-order valence-corrected chi connectivity index (χ4v) is 2.36. The fraction of sp³-hybridized carbons (Fsp3) is 0.316. The van der Waals surface area contributed by atoms with Crippen molar-refractivity contribution in [2.24, 2.45) is 11.7 Å². The molecule has 3 N–H and O–H groups in total. The molecule has 0 bridgehead atoms. The Morgan fingerprint density at radius 1 is 1.11 bits per heavy atom. The highest BCUT2D eigenvalue weighted by atomic mass is 32.2. The molecule has 2 aromatic carbocycles. The molecule has 5 nitrogen and oxygen atoms in total. The van der Waals surface area contributed by atoms with Crippen molar-refractivity contribution in [3.8, 4) is 11.1 Å². The molecule has 0 radical (unpaired) electrons. The van der Waals surface area contributed by atoms with Crippen molar-refractivity contribution in [1.29, 1.82) is 0 Å².